The van der Waals surface area contributed by atoms with Crippen molar-refractivity contribution in [1.29, 1.82) is 0 Å². The van der Waals surface area contributed by atoms with Gasteiger partial charge in [0.1, 0.15) is 19.6 Å². The van der Waals surface area contributed by atoms with Gasteiger partial charge in [-0.3, -0.25) is 0 Å². The average molecular weight is 302 g/mol. The second-order valence-corrected chi connectivity index (χ2v) is 6.62. The van der Waals surface area contributed by atoms with Gasteiger partial charge in [0, 0.05) is 5.56 Å². The summed E-state index contributed by atoms with van der Waals surface area (Å²) in [7, 11) is 0. The lowest BCUT2D eigenvalue weighted by Crippen LogP contribution is -3.12. The molecule has 1 aliphatic heterocycles. The minimum atomic E-state index is 0.890. The van der Waals surface area contributed by atoms with Gasteiger partial charge >= 0.3 is 0 Å². The first kappa shape index (κ1) is 13.3. The predicted octanol–water partition coefficient (Wildman–Crippen LogP) is 3.00. The van der Waals surface area contributed by atoms with E-state index in [9.17, 15) is 0 Å². The lowest BCUT2D eigenvalue weighted by Gasteiger charge is -2.24. The number of quaternary nitrogens is 1. The number of ether oxygens (including phenoxy) is 1. The number of rotatable bonds is 2. The Labute approximate surface area is 135 Å². The van der Waals surface area contributed by atoms with Crippen LogP contribution in [0.3, 0.4) is 0 Å². The smallest absolute Gasteiger partial charge is 0.104 e. The van der Waals surface area contributed by atoms with Gasteiger partial charge in [0.25, 0.3) is 0 Å². The quantitative estimate of drug-likeness (QED) is 0.562. The van der Waals surface area contributed by atoms with Crippen LogP contribution >= 0.6 is 0 Å². The molecule has 2 heteroatoms. The van der Waals surface area contributed by atoms with Crippen molar-refractivity contribution < 1.29 is 9.64 Å². The molecule has 0 amide bonds. The molecule has 0 saturated carbocycles. The van der Waals surface area contributed by atoms with Gasteiger partial charge in [-0.2, -0.15) is 0 Å². The highest BCUT2D eigenvalue weighted by Crippen LogP contribution is 2.35. The lowest BCUT2D eigenvalue weighted by atomic mass is 9.92. The van der Waals surface area contributed by atoms with Crippen LogP contribution in [0.4, 0.5) is 0 Å². The van der Waals surface area contributed by atoms with E-state index in [0.29, 0.717) is 0 Å². The second-order valence-electron chi connectivity index (χ2n) is 6.62. The van der Waals surface area contributed by atoms with E-state index in [1.165, 1.54) is 37.9 Å². The summed E-state index contributed by atoms with van der Waals surface area (Å²) in [6.45, 7) is 5.10. The maximum atomic E-state index is 5.50. The zero-order chi connectivity index (χ0) is 15.2. The molecule has 1 heterocycles. The van der Waals surface area contributed by atoms with Gasteiger partial charge < -0.3 is 9.64 Å². The van der Waals surface area contributed by atoms with E-state index < -0.39 is 0 Å². The van der Waals surface area contributed by atoms with Gasteiger partial charge in [0.05, 0.1) is 13.2 Å². The Hall–Kier alpha value is -2.16. The van der Waals surface area contributed by atoms with Crippen LogP contribution in [0.1, 0.15) is 5.56 Å². The van der Waals surface area contributed by atoms with Crippen LogP contribution in [-0.4, -0.2) is 26.3 Å². The topological polar surface area (TPSA) is 13.7 Å². The molecule has 1 saturated heterocycles. The molecule has 114 valence electrons. The van der Waals surface area contributed by atoms with Crippen LogP contribution in [0, 0.1) is 0 Å². The molecule has 0 aliphatic carbocycles. The first-order valence-electron chi connectivity index (χ1n) is 8.47. The van der Waals surface area contributed by atoms with Gasteiger partial charge in [0.15, 0.2) is 0 Å². The van der Waals surface area contributed by atoms with Crippen LogP contribution < -0.4 is 4.90 Å². The predicted molar refractivity (Wildman–Crippen MR) is 95.4 cm³/mol. The van der Waals surface area contributed by atoms with Crippen LogP contribution in [0.5, 0.6) is 0 Å². The maximum Gasteiger partial charge on any atom is 0.104 e. The minimum Gasteiger partial charge on any atom is -0.370 e. The fourth-order valence-electron chi connectivity index (χ4n) is 4.06. The molecule has 0 bridgehead atoms. The van der Waals surface area contributed by atoms with E-state index in [1.54, 1.807) is 4.90 Å². The van der Waals surface area contributed by atoms with Crippen molar-refractivity contribution in [3.63, 3.8) is 0 Å². The Balaban J connectivity index is 1.74. The molecular formula is C21H20NO+. The van der Waals surface area contributed by atoms with Gasteiger partial charge in [-0.05, 0) is 32.3 Å². The van der Waals surface area contributed by atoms with E-state index in [4.69, 9.17) is 4.74 Å². The highest BCUT2D eigenvalue weighted by molar-refractivity contribution is 6.23. The monoisotopic (exact) mass is 302 g/mol. The van der Waals surface area contributed by atoms with Gasteiger partial charge in [-0.25, -0.2) is 0 Å². The highest BCUT2D eigenvalue weighted by atomic mass is 16.5. The van der Waals surface area contributed by atoms with Gasteiger partial charge in [-0.15, -0.1) is 0 Å². The van der Waals surface area contributed by atoms with Crippen LogP contribution in [0.2, 0.25) is 0 Å². The Morgan fingerprint density at radius 3 is 2.17 bits per heavy atom. The van der Waals surface area contributed by atoms with E-state index in [1.807, 2.05) is 0 Å². The molecule has 0 aromatic heterocycles. The summed E-state index contributed by atoms with van der Waals surface area (Å²) in [5, 5.41) is 8.32. The standard InChI is InChI=1S/C21H19NO/c1-2-15-4-5-17-6-7-18(14-22-10-12-23-13-11-22)19-9-8-16(3-1)20(15)21(17)19/h1-9H,10-14H2/p+1. The fourth-order valence-corrected chi connectivity index (χ4v) is 4.06. The number of hydrogen-bond acceptors (Lipinski definition) is 1. The third-order valence-electron chi connectivity index (χ3n) is 5.26. The SMILES string of the molecule is c1cc2ccc3ccc(C[NH+]4CCOCC4)c4ccc(c1)c2c34. The van der Waals surface area contributed by atoms with Crippen LogP contribution in [0.25, 0.3) is 32.3 Å². The third kappa shape index (κ3) is 2.10. The summed E-state index contributed by atoms with van der Waals surface area (Å²) in [6.07, 6.45) is 0. The summed E-state index contributed by atoms with van der Waals surface area (Å²) in [6, 6.07) is 20.3. The molecule has 0 spiro atoms. The molecular weight excluding hydrogens is 282 g/mol. The van der Waals surface area contributed by atoms with E-state index >= 15 is 0 Å². The molecule has 0 unspecified atom stereocenters. The molecule has 4 aromatic rings. The Morgan fingerprint density at radius 2 is 1.39 bits per heavy atom. The number of hydrogen-bond donors (Lipinski definition) is 1. The van der Waals surface area contributed by atoms with Crippen molar-refractivity contribution in [2.75, 3.05) is 26.3 Å². The summed E-state index contributed by atoms with van der Waals surface area (Å²) >= 11 is 0. The molecule has 1 aliphatic rings. The van der Waals surface area contributed by atoms with E-state index in [0.717, 1.165) is 32.8 Å². The van der Waals surface area contributed by atoms with E-state index in [-0.39, 0.29) is 0 Å². The largest absolute Gasteiger partial charge is 0.370 e. The lowest BCUT2D eigenvalue weighted by molar-refractivity contribution is -0.921. The molecule has 5 rings (SSSR count). The van der Waals surface area contributed by atoms with Crippen molar-refractivity contribution in [2.24, 2.45) is 0 Å². The fraction of sp³-hybridized carbons (Fsp3) is 0.238. The second kappa shape index (κ2) is 5.19. The van der Waals surface area contributed by atoms with Crippen LogP contribution in [0.15, 0.2) is 54.6 Å². The van der Waals surface area contributed by atoms with Crippen molar-refractivity contribution in [1.82, 2.24) is 0 Å². The molecule has 1 N–H and O–H groups in total. The van der Waals surface area contributed by atoms with Crippen molar-refractivity contribution in [3.8, 4) is 0 Å². The molecule has 4 aromatic carbocycles. The van der Waals surface area contributed by atoms with Crippen molar-refractivity contribution in [3.05, 3.63) is 60.2 Å². The maximum absolute atomic E-state index is 5.50. The molecule has 23 heavy (non-hydrogen) atoms. The zero-order valence-electron chi connectivity index (χ0n) is 13.1. The van der Waals surface area contributed by atoms with E-state index in [2.05, 4.69) is 54.6 Å². The summed E-state index contributed by atoms with van der Waals surface area (Å²) in [4.78, 5) is 1.63. The molecule has 1 fully saturated rings. The molecule has 0 radical (unpaired) electrons. The Bertz CT molecular complexity index is 969. The van der Waals surface area contributed by atoms with Crippen molar-refractivity contribution >= 4 is 32.3 Å². The normalized spacial score (nSPS) is 16.7. The minimum absolute atomic E-state index is 0.890. The average Bonchev–Trinajstić information content (AvgIpc) is 2.62. The first-order chi connectivity index (χ1) is 11.4. The highest BCUT2D eigenvalue weighted by Gasteiger charge is 2.17. The summed E-state index contributed by atoms with van der Waals surface area (Å²) < 4.78 is 5.50. The van der Waals surface area contributed by atoms with Gasteiger partial charge in [-0.1, -0.05) is 54.6 Å². The number of nitrogens with one attached hydrogen (secondary N) is 1. The third-order valence-corrected chi connectivity index (χ3v) is 5.26. The first-order valence-corrected chi connectivity index (χ1v) is 8.47. The molecule has 0 atom stereocenters. The van der Waals surface area contributed by atoms with Gasteiger partial charge in [0.2, 0.25) is 0 Å². The van der Waals surface area contributed by atoms with Crippen molar-refractivity contribution in [2.45, 2.75) is 6.54 Å². The molecule has 2 nitrogen and oxygen atoms in total. The zero-order valence-corrected chi connectivity index (χ0v) is 13.1. The summed E-state index contributed by atoms with van der Waals surface area (Å²) in [5.74, 6) is 0. The Kier molecular flexibility index (Phi) is 3.00. The number of benzene rings is 4. The number of morpholine rings is 1. The summed E-state index contributed by atoms with van der Waals surface area (Å²) in [5.41, 5.74) is 1.47. The van der Waals surface area contributed by atoms with Crippen LogP contribution in [-0.2, 0) is 11.3 Å². The Morgan fingerprint density at radius 1 is 0.739 bits per heavy atom.